The molecule has 0 atom stereocenters. The van der Waals surface area contributed by atoms with Gasteiger partial charge < -0.3 is 5.32 Å². The van der Waals surface area contributed by atoms with Crippen molar-refractivity contribution in [1.29, 1.82) is 0 Å². The number of nitrogens with one attached hydrogen (secondary N) is 1. The van der Waals surface area contributed by atoms with E-state index in [4.69, 9.17) is 11.6 Å². The normalized spacial score (nSPS) is 15.8. The van der Waals surface area contributed by atoms with E-state index in [1.165, 1.54) is 23.7 Å². The average Bonchev–Trinajstić information content (AvgIpc) is 3.29. The summed E-state index contributed by atoms with van der Waals surface area (Å²) in [6.45, 7) is 0. The van der Waals surface area contributed by atoms with E-state index < -0.39 is 15.3 Å². The molecule has 0 spiro atoms. The van der Waals surface area contributed by atoms with Gasteiger partial charge in [-0.15, -0.1) is 0 Å². The molecule has 3 aromatic rings. The van der Waals surface area contributed by atoms with Crippen LogP contribution in [0.2, 0.25) is 5.02 Å². The Labute approximate surface area is 159 Å². The molecule has 1 saturated carbocycles. The molecule has 1 fully saturated rings. The van der Waals surface area contributed by atoms with Crippen LogP contribution in [0.5, 0.6) is 0 Å². The van der Waals surface area contributed by atoms with Gasteiger partial charge in [0, 0.05) is 11.3 Å². The topological polar surface area (TPSA) is 76.1 Å². The third-order valence-corrected chi connectivity index (χ3v) is 6.85. The van der Waals surface area contributed by atoms with Gasteiger partial charge in [0.25, 0.3) is 0 Å². The molecule has 8 heteroatoms. The van der Waals surface area contributed by atoms with Crippen LogP contribution < -0.4 is 5.32 Å². The van der Waals surface area contributed by atoms with Gasteiger partial charge in [-0.1, -0.05) is 35.1 Å². The van der Waals surface area contributed by atoms with Gasteiger partial charge in [-0.2, -0.15) is 0 Å². The molecule has 0 aliphatic heterocycles. The fourth-order valence-corrected chi connectivity index (χ4v) is 4.78. The maximum Gasteiger partial charge on any atom is 0.236 e. The molecule has 0 saturated heterocycles. The Kier molecular flexibility index (Phi) is 4.06. The van der Waals surface area contributed by atoms with Crippen molar-refractivity contribution in [3.63, 3.8) is 0 Å². The van der Waals surface area contributed by atoms with Gasteiger partial charge >= 0.3 is 0 Å². The summed E-state index contributed by atoms with van der Waals surface area (Å²) >= 11 is 7.32. The molecule has 4 rings (SSSR count). The van der Waals surface area contributed by atoms with Crippen molar-refractivity contribution < 1.29 is 13.2 Å². The van der Waals surface area contributed by atoms with E-state index in [1.807, 2.05) is 18.2 Å². The minimum absolute atomic E-state index is 0.109. The summed E-state index contributed by atoms with van der Waals surface area (Å²) in [5.74, 6) is -0.109. The number of amides is 1. The highest BCUT2D eigenvalue weighted by atomic mass is 35.5. The Morgan fingerprint density at radius 2 is 2.00 bits per heavy atom. The molecular formula is C18H15ClN2O3S2. The number of hydrogen-bond donors (Lipinski definition) is 1. The summed E-state index contributed by atoms with van der Waals surface area (Å²) in [6, 6.07) is 12.1. The molecule has 26 heavy (non-hydrogen) atoms. The van der Waals surface area contributed by atoms with Crippen LogP contribution in [0.1, 0.15) is 18.4 Å². The number of aromatic nitrogens is 1. The van der Waals surface area contributed by atoms with Gasteiger partial charge in [0.1, 0.15) is 0 Å². The molecule has 0 bridgehead atoms. The van der Waals surface area contributed by atoms with Crippen LogP contribution >= 0.6 is 22.9 Å². The number of carbonyl (C=O) groups is 1. The van der Waals surface area contributed by atoms with Crippen molar-refractivity contribution in [2.24, 2.45) is 0 Å². The second-order valence-electron chi connectivity index (χ2n) is 6.47. The van der Waals surface area contributed by atoms with E-state index in [9.17, 15) is 13.2 Å². The molecule has 1 aliphatic carbocycles. The van der Waals surface area contributed by atoms with Gasteiger partial charge in [0.2, 0.25) is 5.91 Å². The van der Waals surface area contributed by atoms with Crippen LogP contribution in [0.3, 0.4) is 0 Å². The first-order chi connectivity index (χ1) is 12.3. The first-order valence-corrected chi connectivity index (χ1v) is 11.0. The molecule has 2 aromatic carbocycles. The lowest BCUT2D eigenvalue weighted by Crippen LogP contribution is -2.27. The lowest BCUT2D eigenvalue weighted by molar-refractivity contribution is -0.118. The molecule has 1 amide bonds. The number of hydrogen-bond acceptors (Lipinski definition) is 5. The van der Waals surface area contributed by atoms with E-state index in [1.54, 1.807) is 18.2 Å². The van der Waals surface area contributed by atoms with E-state index in [0.717, 1.165) is 23.1 Å². The molecule has 1 heterocycles. The summed E-state index contributed by atoms with van der Waals surface area (Å²) < 4.78 is 24.1. The number of thiazole rings is 1. The van der Waals surface area contributed by atoms with Crippen LogP contribution in [0.25, 0.3) is 10.2 Å². The zero-order chi connectivity index (χ0) is 18.5. The maximum absolute atomic E-state index is 12.8. The van der Waals surface area contributed by atoms with Crippen molar-refractivity contribution >= 4 is 54.0 Å². The molecule has 5 nitrogen and oxygen atoms in total. The Balaban J connectivity index is 1.62. The summed E-state index contributed by atoms with van der Waals surface area (Å²) in [7, 11) is -3.28. The second kappa shape index (κ2) is 6.04. The van der Waals surface area contributed by atoms with E-state index in [2.05, 4.69) is 10.3 Å². The van der Waals surface area contributed by atoms with Gasteiger partial charge in [-0.05, 0) is 48.7 Å². The molecule has 1 aliphatic rings. The summed E-state index contributed by atoms with van der Waals surface area (Å²) in [5.41, 5.74) is 1.01. The lowest BCUT2D eigenvalue weighted by Gasteiger charge is -2.14. The number of rotatable bonds is 4. The van der Waals surface area contributed by atoms with Crippen LogP contribution in [-0.2, 0) is 20.0 Å². The molecular weight excluding hydrogens is 392 g/mol. The van der Waals surface area contributed by atoms with Crippen molar-refractivity contribution in [1.82, 2.24) is 4.98 Å². The number of benzene rings is 2. The Bertz CT molecular complexity index is 1130. The standard InChI is InChI=1S/C18H15ClN2O3S2/c1-26(23,24)13-5-6-14-15(10-13)25-17(20-14)21-16(22)18(7-8-18)11-3-2-4-12(19)9-11/h2-6,9-10H,7-8H2,1H3,(H,20,21,22). The second-order valence-corrected chi connectivity index (χ2v) is 9.95. The Morgan fingerprint density at radius 1 is 1.23 bits per heavy atom. The summed E-state index contributed by atoms with van der Waals surface area (Å²) in [4.78, 5) is 17.5. The third-order valence-electron chi connectivity index (χ3n) is 4.57. The van der Waals surface area contributed by atoms with Gasteiger partial charge in [0.05, 0.1) is 20.5 Å². The monoisotopic (exact) mass is 406 g/mol. The molecule has 134 valence electrons. The van der Waals surface area contributed by atoms with Crippen molar-refractivity contribution in [2.75, 3.05) is 11.6 Å². The lowest BCUT2D eigenvalue weighted by atomic mass is 9.95. The number of anilines is 1. The number of sulfone groups is 1. The number of carbonyl (C=O) groups excluding carboxylic acids is 1. The Morgan fingerprint density at radius 3 is 2.65 bits per heavy atom. The zero-order valence-corrected chi connectivity index (χ0v) is 16.2. The summed E-state index contributed by atoms with van der Waals surface area (Å²) in [5, 5.41) is 3.95. The molecule has 0 radical (unpaired) electrons. The number of fused-ring (bicyclic) bond motifs is 1. The summed E-state index contributed by atoms with van der Waals surface area (Å²) in [6.07, 6.45) is 2.70. The van der Waals surface area contributed by atoms with Crippen molar-refractivity contribution in [3.8, 4) is 0 Å². The minimum atomic E-state index is -3.28. The van der Waals surface area contributed by atoms with Gasteiger partial charge in [0.15, 0.2) is 15.0 Å². The van der Waals surface area contributed by atoms with Gasteiger partial charge in [-0.25, -0.2) is 13.4 Å². The first kappa shape index (κ1) is 17.5. The largest absolute Gasteiger partial charge is 0.301 e. The highest BCUT2D eigenvalue weighted by Crippen LogP contribution is 2.49. The molecule has 1 aromatic heterocycles. The Hall–Kier alpha value is -1.96. The van der Waals surface area contributed by atoms with Crippen LogP contribution in [0.4, 0.5) is 5.13 Å². The SMILES string of the molecule is CS(=O)(=O)c1ccc2nc(NC(=O)C3(c4cccc(Cl)c4)CC3)sc2c1. The number of nitrogens with zero attached hydrogens (tertiary/aromatic N) is 1. The van der Waals surface area contributed by atoms with E-state index in [0.29, 0.717) is 15.7 Å². The quantitative estimate of drug-likeness (QED) is 0.709. The first-order valence-electron chi connectivity index (χ1n) is 7.96. The van der Waals surface area contributed by atoms with Crippen LogP contribution in [0, 0.1) is 0 Å². The smallest absolute Gasteiger partial charge is 0.236 e. The minimum Gasteiger partial charge on any atom is -0.301 e. The van der Waals surface area contributed by atoms with Crippen molar-refractivity contribution in [2.45, 2.75) is 23.2 Å². The van der Waals surface area contributed by atoms with Crippen LogP contribution in [0.15, 0.2) is 47.4 Å². The van der Waals surface area contributed by atoms with Gasteiger partial charge in [-0.3, -0.25) is 4.79 Å². The van der Waals surface area contributed by atoms with E-state index in [-0.39, 0.29) is 10.8 Å². The maximum atomic E-state index is 12.8. The average molecular weight is 407 g/mol. The number of halogens is 1. The molecule has 0 unspecified atom stereocenters. The third kappa shape index (κ3) is 3.11. The predicted octanol–water partition coefficient (Wildman–Crippen LogP) is 4.02. The highest BCUT2D eigenvalue weighted by Gasteiger charge is 2.51. The predicted molar refractivity (Wildman–Crippen MR) is 104 cm³/mol. The highest BCUT2D eigenvalue weighted by molar-refractivity contribution is 7.90. The molecule has 1 N–H and O–H groups in total. The zero-order valence-electron chi connectivity index (χ0n) is 13.8. The van der Waals surface area contributed by atoms with Crippen molar-refractivity contribution in [3.05, 3.63) is 53.1 Å². The van der Waals surface area contributed by atoms with E-state index >= 15 is 0 Å². The van der Waals surface area contributed by atoms with Crippen LogP contribution in [-0.4, -0.2) is 25.6 Å². The fourth-order valence-electron chi connectivity index (χ4n) is 2.96. The fraction of sp³-hybridized carbons (Fsp3) is 0.222.